The van der Waals surface area contributed by atoms with Crippen LogP contribution < -0.4 is 9.62 Å². The topological polar surface area (TPSA) is 86.8 Å². The van der Waals surface area contributed by atoms with Gasteiger partial charge >= 0.3 is 0 Å². The van der Waals surface area contributed by atoms with E-state index < -0.39 is 28.5 Å². The lowest BCUT2D eigenvalue weighted by Gasteiger charge is -2.32. The van der Waals surface area contributed by atoms with Crippen molar-refractivity contribution in [2.75, 3.05) is 23.7 Å². The van der Waals surface area contributed by atoms with Crippen molar-refractivity contribution in [2.24, 2.45) is 0 Å². The smallest absolute Gasteiger partial charge is 0.244 e. The van der Waals surface area contributed by atoms with Crippen LogP contribution in [0.2, 0.25) is 10.0 Å². The molecule has 1 N–H and O–H groups in total. The van der Waals surface area contributed by atoms with Gasteiger partial charge in [0.1, 0.15) is 12.6 Å². The van der Waals surface area contributed by atoms with Gasteiger partial charge < -0.3 is 10.2 Å². The molecule has 0 aliphatic rings. The van der Waals surface area contributed by atoms with E-state index in [4.69, 9.17) is 23.2 Å². The number of sulfonamides is 1. The van der Waals surface area contributed by atoms with E-state index in [2.05, 4.69) is 21.2 Å². The van der Waals surface area contributed by atoms with Crippen LogP contribution in [0.5, 0.6) is 0 Å². The number of hydrogen-bond acceptors (Lipinski definition) is 4. The highest BCUT2D eigenvalue weighted by Gasteiger charge is 2.31. The van der Waals surface area contributed by atoms with Crippen molar-refractivity contribution in [3.63, 3.8) is 0 Å². The molecule has 11 heteroatoms. The van der Waals surface area contributed by atoms with E-state index in [0.717, 1.165) is 15.0 Å². The number of halogens is 3. The first-order valence-corrected chi connectivity index (χ1v) is 13.6. The number of hydrogen-bond donors (Lipinski definition) is 1. The molecule has 33 heavy (non-hydrogen) atoms. The third-order valence-electron chi connectivity index (χ3n) is 4.87. The van der Waals surface area contributed by atoms with Crippen LogP contribution in [0.1, 0.15) is 25.8 Å². The van der Waals surface area contributed by atoms with Crippen LogP contribution in [0.4, 0.5) is 5.69 Å². The number of carbonyl (C=O) groups is 2. The van der Waals surface area contributed by atoms with Gasteiger partial charge in [0.15, 0.2) is 0 Å². The highest BCUT2D eigenvalue weighted by molar-refractivity contribution is 9.10. The zero-order chi connectivity index (χ0) is 24.8. The maximum absolute atomic E-state index is 13.5. The van der Waals surface area contributed by atoms with Crippen LogP contribution >= 0.6 is 39.1 Å². The summed E-state index contributed by atoms with van der Waals surface area (Å²) in [5, 5.41) is 3.43. The number of rotatable bonds is 10. The number of anilines is 1. The first kappa shape index (κ1) is 27.4. The van der Waals surface area contributed by atoms with E-state index in [9.17, 15) is 18.0 Å². The fourth-order valence-electron chi connectivity index (χ4n) is 3.27. The summed E-state index contributed by atoms with van der Waals surface area (Å²) < 4.78 is 26.8. The lowest BCUT2D eigenvalue weighted by molar-refractivity contribution is -0.140. The molecule has 2 aromatic carbocycles. The SMILES string of the molecule is CCNC(=O)C(CC)N(Cc1ccc(Cl)c(Cl)c1)C(=O)CN(c1ccc(Br)cc1)S(C)(=O)=O. The van der Waals surface area contributed by atoms with Crippen molar-refractivity contribution in [3.8, 4) is 0 Å². The van der Waals surface area contributed by atoms with Crippen LogP contribution in [0.15, 0.2) is 46.9 Å². The largest absolute Gasteiger partial charge is 0.355 e. The van der Waals surface area contributed by atoms with Gasteiger partial charge in [-0.2, -0.15) is 0 Å². The first-order chi connectivity index (χ1) is 15.5. The van der Waals surface area contributed by atoms with Crippen LogP contribution in [-0.2, 0) is 26.2 Å². The predicted molar refractivity (Wildman–Crippen MR) is 136 cm³/mol. The second kappa shape index (κ2) is 12.1. The molecule has 0 saturated carbocycles. The summed E-state index contributed by atoms with van der Waals surface area (Å²) >= 11 is 15.5. The Balaban J connectivity index is 2.44. The zero-order valence-electron chi connectivity index (χ0n) is 18.5. The van der Waals surface area contributed by atoms with Gasteiger partial charge in [0.25, 0.3) is 0 Å². The predicted octanol–water partition coefficient (Wildman–Crippen LogP) is 4.47. The lowest BCUT2D eigenvalue weighted by atomic mass is 10.1. The monoisotopic (exact) mass is 577 g/mol. The third-order valence-corrected chi connectivity index (χ3v) is 7.28. The Morgan fingerprint density at radius 3 is 2.21 bits per heavy atom. The molecule has 1 unspecified atom stereocenters. The Bertz CT molecular complexity index is 1100. The van der Waals surface area contributed by atoms with E-state index in [0.29, 0.717) is 34.3 Å². The summed E-state index contributed by atoms with van der Waals surface area (Å²) in [5.74, 6) is -0.838. The van der Waals surface area contributed by atoms with Crippen molar-refractivity contribution < 1.29 is 18.0 Å². The van der Waals surface area contributed by atoms with Crippen LogP contribution in [0.3, 0.4) is 0 Å². The second-order valence-corrected chi connectivity index (χ2v) is 11.0. The number of likely N-dealkylation sites (N-methyl/N-ethyl adjacent to an activating group) is 1. The average Bonchev–Trinajstić information content (AvgIpc) is 2.74. The van der Waals surface area contributed by atoms with Gasteiger partial charge in [-0.1, -0.05) is 52.1 Å². The van der Waals surface area contributed by atoms with E-state index in [1.807, 2.05) is 0 Å². The lowest BCUT2D eigenvalue weighted by Crippen LogP contribution is -2.52. The molecule has 180 valence electrons. The van der Waals surface area contributed by atoms with Gasteiger partial charge in [0.2, 0.25) is 21.8 Å². The van der Waals surface area contributed by atoms with Crippen LogP contribution in [0, 0.1) is 0 Å². The standard InChI is InChI=1S/C22H26BrCl2N3O4S/c1-4-20(22(30)26-5-2)27(13-15-6-11-18(24)19(25)12-15)21(29)14-28(33(3,31)32)17-9-7-16(23)8-10-17/h6-12,20H,4-5,13-14H2,1-3H3,(H,26,30). The maximum Gasteiger partial charge on any atom is 0.244 e. The van der Waals surface area contributed by atoms with Crippen LogP contribution in [-0.4, -0.2) is 50.5 Å². The molecule has 0 aromatic heterocycles. The van der Waals surface area contributed by atoms with E-state index in [1.165, 1.54) is 4.90 Å². The molecule has 0 saturated heterocycles. The number of carbonyl (C=O) groups excluding carboxylic acids is 2. The fourth-order valence-corrected chi connectivity index (χ4v) is 4.70. The van der Waals surface area contributed by atoms with Crippen molar-refractivity contribution in [1.82, 2.24) is 10.2 Å². The summed E-state index contributed by atoms with van der Waals surface area (Å²) in [6.07, 6.45) is 1.38. The molecule has 7 nitrogen and oxygen atoms in total. The maximum atomic E-state index is 13.5. The highest BCUT2D eigenvalue weighted by atomic mass is 79.9. The quantitative estimate of drug-likeness (QED) is 0.451. The van der Waals surface area contributed by atoms with Crippen LogP contribution in [0.25, 0.3) is 0 Å². The Morgan fingerprint density at radius 1 is 1.06 bits per heavy atom. The summed E-state index contributed by atoms with van der Waals surface area (Å²) in [6.45, 7) is 3.58. The van der Waals surface area contributed by atoms with Crippen molar-refractivity contribution >= 4 is 66.7 Å². The Labute approximate surface area is 213 Å². The van der Waals surface area contributed by atoms with Gasteiger partial charge in [0.05, 0.1) is 22.0 Å². The molecule has 0 fully saturated rings. The molecule has 0 bridgehead atoms. The molecular formula is C22H26BrCl2N3O4S. The Kier molecular flexibility index (Phi) is 10.0. The number of benzene rings is 2. The Morgan fingerprint density at radius 2 is 1.70 bits per heavy atom. The van der Waals surface area contributed by atoms with E-state index >= 15 is 0 Å². The number of nitrogens with zero attached hydrogens (tertiary/aromatic N) is 2. The molecule has 0 aliphatic heterocycles. The fraction of sp³-hybridized carbons (Fsp3) is 0.364. The summed E-state index contributed by atoms with van der Waals surface area (Å²) in [5.41, 5.74) is 1.00. The van der Waals surface area contributed by atoms with Gasteiger partial charge in [-0.25, -0.2) is 8.42 Å². The second-order valence-electron chi connectivity index (χ2n) is 7.33. The molecular weight excluding hydrogens is 553 g/mol. The van der Waals surface area contributed by atoms with Gasteiger partial charge in [-0.3, -0.25) is 13.9 Å². The zero-order valence-corrected chi connectivity index (χ0v) is 22.4. The minimum absolute atomic E-state index is 0.0588. The minimum atomic E-state index is -3.78. The van der Waals surface area contributed by atoms with Gasteiger partial charge in [-0.15, -0.1) is 0 Å². The highest BCUT2D eigenvalue weighted by Crippen LogP contribution is 2.25. The summed E-state index contributed by atoms with van der Waals surface area (Å²) in [4.78, 5) is 27.6. The molecule has 2 amide bonds. The minimum Gasteiger partial charge on any atom is -0.355 e. The first-order valence-electron chi connectivity index (χ1n) is 10.2. The van der Waals surface area contributed by atoms with E-state index in [1.54, 1.807) is 56.3 Å². The molecule has 1 atom stereocenters. The molecule has 2 rings (SSSR count). The molecule has 0 aliphatic carbocycles. The number of amides is 2. The van der Waals surface area contributed by atoms with Crippen molar-refractivity contribution in [2.45, 2.75) is 32.9 Å². The Hall–Kier alpha value is -1.81. The molecule has 0 spiro atoms. The van der Waals surface area contributed by atoms with Gasteiger partial charge in [-0.05, 0) is 55.3 Å². The summed E-state index contributed by atoms with van der Waals surface area (Å²) in [7, 11) is -3.78. The van der Waals surface area contributed by atoms with Gasteiger partial charge in [0, 0.05) is 17.6 Å². The number of nitrogens with one attached hydrogen (secondary N) is 1. The van der Waals surface area contributed by atoms with Crippen molar-refractivity contribution in [3.05, 3.63) is 62.5 Å². The normalized spacial score (nSPS) is 12.2. The van der Waals surface area contributed by atoms with E-state index in [-0.39, 0.29) is 12.5 Å². The third kappa shape index (κ3) is 7.60. The molecule has 0 heterocycles. The summed E-state index contributed by atoms with van der Waals surface area (Å²) in [6, 6.07) is 10.7. The molecule has 2 aromatic rings. The molecule has 0 radical (unpaired) electrons. The average molecular weight is 579 g/mol. The van der Waals surface area contributed by atoms with Crippen molar-refractivity contribution in [1.29, 1.82) is 0 Å².